The van der Waals surface area contributed by atoms with Crippen LogP contribution in [0.15, 0.2) is 42.5 Å². The molecule has 0 aromatic heterocycles. The van der Waals surface area contributed by atoms with E-state index in [0.29, 0.717) is 40.2 Å². The Kier molecular flexibility index (Phi) is 5.69. The number of nitrogens with one attached hydrogen (secondary N) is 2. The predicted molar refractivity (Wildman–Crippen MR) is 103 cm³/mol. The first kappa shape index (κ1) is 18.5. The largest absolute Gasteiger partial charge is 0.492 e. The Bertz CT molecular complexity index is 841. The summed E-state index contributed by atoms with van der Waals surface area (Å²) < 4.78 is 5.49. The highest BCUT2D eigenvalue weighted by Crippen LogP contribution is 2.41. The molecular formula is C19H18Cl2N2O3. The van der Waals surface area contributed by atoms with Crippen LogP contribution < -0.4 is 15.4 Å². The van der Waals surface area contributed by atoms with E-state index < -0.39 is 0 Å². The van der Waals surface area contributed by atoms with Gasteiger partial charge in [0.15, 0.2) is 0 Å². The van der Waals surface area contributed by atoms with Crippen molar-refractivity contribution in [2.24, 2.45) is 11.8 Å². The summed E-state index contributed by atoms with van der Waals surface area (Å²) in [5.41, 5.74) is 1.04. The van der Waals surface area contributed by atoms with Crippen molar-refractivity contribution in [2.45, 2.75) is 13.3 Å². The molecule has 7 heteroatoms. The van der Waals surface area contributed by atoms with Gasteiger partial charge in [-0.3, -0.25) is 9.59 Å². The van der Waals surface area contributed by atoms with Gasteiger partial charge in [-0.05, 0) is 43.7 Å². The van der Waals surface area contributed by atoms with Gasteiger partial charge < -0.3 is 15.4 Å². The molecule has 0 heterocycles. The molecule has 2 atom stereocenters. The van der Waals surface area contributed by atoms with Gasteiger partial charge in [-0.25, -0.2) is 0 Å². The number of amides is 2. The molecule has 5 nitrogen and oxygen atoms in total. The average Bonchev–Trinajstić information content (AvgIpc) is 3.41. The quantitative estimate of drug-likeness (QED) is 0.754. The van der Waals surface area contributed by atoms with Gasteiger partial charge in [0.1, 0.15) is 5.75 Å². The lowest BCUT2D eigenvalue weighted by molar-refractivity contribution is -0.122. The number of carbonyl (C=O) groups excluding carboxylic acids is 2. The first-order chi connectivity index (χ1) is 12.5. The van der Waals surface area contributed by atoms with E-state index in [-0.39, 0.29) is 23.7 Å². The van der Waals surface area contributed by atoms with Crippen molar-refractivity contribution in [3.63, 3.8) is 0 Å². The molecule has 2 aromatic rings. The Morgan fingerprint density at radius 3 is 2.38 bits per heavy atom. The van der Waals surface area contributed by atoms with E-state index in [1.165, 1.54) is 0 Å². The summed E-state index contributed by atoms with van der Waals surface area (Å²) in [7, 11) is 0. The van der Waals surface area contributed by atoms with Gasteiger partial charge in [0.2, 0.25) is 11.8 Å². The van der Waals surface area contributed by atoms with Gasteiger partial charge in [-0.2, -0.15) is 0 Å². The molecule has 2 N–H and O–H groups in total. The van der Waals surface area contributed by atoms with E-state index in [1.807, 2.05) is 19.1 Å². The van der Waals surface area contributed by atoms with Gasteiger partial charge in [-0.15, -0.1) is 0 Å². The second-order valence-corrected chi connectivity index (χ2v) is 6.82. The number of halogens is 2. The van der Waals surface area contributed by atoms with Crippen LogP contribution in [-0.2, 0) is 9.59 Å². The highest BCUT2D eigenvalue weighted by atomic mass is 35.5. The SMILES string of the molecule is CCOc1ccccc1NC(=O)C1CC1C(=O)Nc1cc(Cl)ccc1Cl. The molecule has 136 valence electrons. The van der Waals surface area contributed by atoms with Gasteiger partial charge in [-0.1, -0.05) is 35.3 Å². The van der Waals surface area contributed by atoms with Gasteiger partial charge >= 0.3 is 0 Å². The topological polar surface area (TPSA) is 67.4 Å². The zero-order chi connectivity index (χ0) is 18.7. The van der Waals surface area contributed by atoms with Gasteiger partial charge in [0, 0.05) is 5.02 Å². The zero-order valence-electron chi connectivity index (χ0n) is 14.1. The Morgan fingerprint density at radius 1 is 1.04 bits per heavy atom. The fourth-order valence-electron chi connectivity index (χ4n) is 2.67. The van der Waals surface area contributed by atoms with E-state index in [9.17, 15) is 9.59 Å². The number of carbonyl (C=O) groups is 2. The first-order valence-corrected chi connectivity index (χ1v) is 9.03. The third-order valence-corrected chi connectivity index (χ3v) is 4.66. The normalized spacial score (nSPS) is 18.1. The molecule has 2 aromatic carbocycles. The van der Waals surface area contributed by atoms with E-state index in [2.05, 4.69) is 10.6 Å². The lowest BCUT2D eigenvalue weighted by Crippen LogP contribution is -2.21. The van der Waals surface area contributed by atoms with Crippen LogP contribution >= 0.6 is 23.2 Å². The standard InChI is InChI=1S/C19H18Cl2N2O3/c1-2-26-17-6-4-3-5-15(17)22-18(24)12-10-13(12)19(25)23-16-9-11(20)7-8-14(16)21/h3-9,12-13H,2,10H2,1H3,(H,22,24)(H,23,25). The minimum atomic E-state index is -0.385. The van der Waals surface area contributed by atoms with Crippen LogP contribution in [-0.4, -0.2) is 18.4 Å². The summed E-state index contributed by atoms with van der Waals surface area (Å²) in [6, 6.07) is 12.0. The second kappa shape index (κ2) is 7.98. The average molecular weight is 393 g/mol. The molecule has 0 radical (unpaired) electrons. The summed E-state index contributed by atoms with van der Waals surface area (Å²) in [6.07, 6.45) is 0.493. The monoisotopic (exact) mass is 392 g/mol. The van der Waals surface area contributed by atoms with Crippen LogP contribution in [0.2, 0.25) is 10.0 Å². The van der Waals surface area contributed by atoms with Gasteiger partial charge in [0.25, 0.3) is 0 Å². The van der Waals surface area contributed by atoms with Crippen molar-refractivity contribution in [2.75, 3.05) is 17.2 Å². The number of rotatable bonds is 6. The molecule has 1 aliphatic rings. The van der Waals surface area contributed by atoms with E-state index in [0.717, 1.165) is 0 Å². The number of anilines is 2. The summed E-state index contributed by atoms with van der Waals surface area (Å²) in [5.74, 6) is -0.593. The summed E-state index contributed by atoms with van der Waals surface area (Å²) in [4.78, 5) is 24.8. The van der Waals surface area contributed by atoms with E-state index in [1.54, 1.807) is 30.3 Å². The van der Waals surface area contributed by atoms with Crippen LogP contribution in [0, 0.1) is 11.8 Å². The molecule has 3 rings (SSSR count). The maximum Gasteiger partial charge on any atom is 0.228 e. The Morgan fingerprint density at radius 2 is 1.69 bits per heavy atom. The molecule has 0 spiro atoms. The Hall–Kier alpha value is -2.24. The first-order valence-electron chi connectivity index (χ1n) is 8.28. The van der Waals surface area contributed by atoms with Crippen LogP contribution in [0.4, 0.5) is 11.4 Å². The molecule has 2 amide bonds. The second-order valence-electron chi connectivity index (χ2n) is 5.98. The zero-order valence-corrected chi connectivity index (χ0v) is 15.6. The summed E-state index contributed by atoms with van der Waals surface area (Å²) >= 11 is 12.0. The van der Waals surface area contributed by atoms with Crippen molar-refractivity contribution in [3.05, 3.63) is 52.5 Å². The number of benzene rings is 2. The molecule has 0 aliphatic heterocycles. The maximum atomic E-state index is 12.4. The highest BCUT2D eigenvalue weighted by molar-refractivity contribution is 6.35. The lowest BCUT2D eigenvalue weighted by Gasteiger charge is -2.11. The third-order valence-electron chi connectivity index (χ3n) is 4.10. The van der Waals surface area contributed by atoms with Crippen molar-refractivity contribution >= 4 is 46.4 Å². The molecular weight excluding hydrogens is 375 g/mol. The number of ether oxygens (including phenoxy) is 1. The molecule has 0 bridgehead atoms. The minimum Gasteiger partial charge on any atom is -0.492 e. The highest BCUT2D eigenvalue weighted by Gasteiger charge is 2.48. The molecule has 0 saturated heterocycles. The van der Waals surface area contributed by atoms with Crippen molar-refractivity contribution < 1.29 is 14.3 Å². The number of hydrogen-bond donors (Lipinski definition) is 2. The fourth-order valence-corrected chi connectivity index (χ4v) is 3.01. The Balaban J connectivity index is 1.60. The van der Waals surface area contributed by atoms with Crippen molar-refractivity contribution in [1.82, 2.24) is 0 Å². The van der Waals surface area contributed by atoms with Crippen LogP contribution in [0.5, 0.6) is 5.75 Å². The van der Waals surface area contributed by atoms with E-state index in [4.69, 9.17) is 27.9 Å². The molecule has 2 unspecified atom stereocenters. The lowest BCUT2D eigenvalue weighted by atomic mass is 10.2. The maximum absolute atomic E-state index is 12.4. The molecule has 1 aliphatic carbocycles. The Labute approximate surface area is 161 Å². The van der Waals surface area contributed by atoms with Crippen molar-refractivity contribution in [3.8, 4) is 5.75 Å². The number of hydrogen-bond acceptors (Lipinski definition) is 3. The molecule has 1 saturated carbocycles. The summed E-state index contributed by atoms with van der Waals surface area (Å²) in [5, 5.41) is 6.44. The smallest absolute Gasteiger partial charge is 0.228 e. The predicted octanol–water partition coefficient (Wildman–Crippen LogP) is 4.61. The van der Waals surface area contributed by atoms with Crippen LogP contribution in [0.1, 0.15) is 13.3 Å². The fraction of sp³-hybridized carbons (Fsp3) is 0.263. The third kappa shape index (κ3) is 4.29. The molecule has 26 heavy (non-hydrogen) atoms. The van der Waals surface area contributed by atoms with Crippen molar-refractivity contribution in [1.29, 1.82) is 0 Å². The van der Waals surface area contributed by atoms with E-state index >= 15 is 0 Å². The number of para-hydroxylation sites is 2. The minimum absolute atomic E-state index is 0.200. The van der Waals surface area contributed by atoms with Gasteiger partial charge in [0.05, 0.1) is 34.8 Å². The summed E-state index contributed by atoms with van der Waals surface area (Å²) in [6.45, 7) is 2.38. The molecule has 1 fully saturated rings. The van der Waals surface area contributed by atoms with Crippen LogP contribution in [0.3, 0.4) is 0 Å². The van der Waals surface area contributed by atoms with Crippen LogP contribution in [0.25, 0.3) is 0 Å².